The Morgan fingerprint density at radius 3 is 2.33 bits per heavy atom. The summed E-state index contributed by atoms with van der Waals surface area (Å²) in [5.74, 6) is 0.0238. The highest BCUT2D eigenvalue weighted by atomic mass is 35.5. The van der Waals surface area contributed by atoms with Crippen molar-refractivity contribution in [3.05, 3.63) is 59.4 Å². The van der Waals surface area contributed by atoms with Gasteiger partial charge >= 0.3 is 0 Å². The first kappa shape index (κ1) is 21.4. The summed E-state index contributed by atoms with van der Waals surface area (Å²) >= 11 is 0. The standard InChI is InChI=1S/C22H27FN2O.ClH/c1-16-3-5-18(6-4-16)19-7-8-20(21(23)15-19)22(26)25-13-10-17(11-14-25)9-12-24-2;/h3-8,15,17,24H,9-14H2,1-2H3;1H. The lowest BCUT2D eigenvalue weighted by atomic mass is 9.93. The topological polar surface area (TPSA) is 32.3 Å². The molecule has 5 heteroatoms. The van der Waals surface area contributed by atoms with E-state index in [1.807, 2.05) is 44.3 Å². The molecule has 0 atom stereocenters. The highest BCUT2D eigenvalue weighted by Gasteiger charge is 2.25. The van der Waals surface area contributed by atoms with E-state index < -0.39 is 5.82 Å². The van der Waals surface area contributed by atoms with Crippen LogP contribution in [0.2, 0.25) is 0 Å². The molecule has 1 amide bonds. The molecule has 0 aromatic heterocycles. The van der Waals surface area contributed by atoms with Crippen molar-refractivity contribution in [2.24, 2.45) is 5.92 Å². The number of nitrogens with one attached hydrogen (secondary N) is 1. The van der Waals surface area contributed by atoms with Crippen LogP contribution in [0.1, 0.15) is 35.2 Å². The van der Waals surface area contributed by atoms with Crippen LogP contribution in [0, 0.1) is 18.7 Å². The van der Waals surface area contributed by atoms with Gasteiger partial charge in [-0.15, -0.1) is 12.4 Å². The molecule has 3 rings (SSSR count). The number of carbonyl (C=O) groups is 1. The van der Waals surface area contributed by atoms with Gasteiger partial charge < -0.3 is 10.2 Å². The Hall–Kier alpha value is -1.91. The van der Waals surface area contributed by atoms with E-state index in [4.69, 9.17) is 0 Å². The number of aryl methyl sites for hydroxylation is 1. The maximum absolute atomic E-state index is 14.6. The zero-order chi connectivity index (χ0) is 18.5. The second-order valence-electron chi connectivity index (χ2n) is 7.19. The number of halogens is 2. The number of carbonyl (C=O) groups excluding carboxylic acids is 1. The van der Waals surface area contributed by atoms with Gasteiger partial charge in [-0.1, -0.05) is 35.9 Å². The summed E-state index contributed by atoms with van der Waals surface area (Å²) in [6.07, 6.45) is 3.13. The molecule has 1 saturated heterocycles. The summed E-state index contributed by atoms with van der Waals surface area (Å²) in [5, 5.41) is 3.17. The number of hydrogen-bond acceptors (Lipinski definition) is 2. The van der Waals surface area contributed by atoms with Crippen LogP contribution in [0.15, 0.2) is 42.5 Å². The predicted octanol–water partition coefficient (Wildman–Crippen LogP) is 4.68. The summed E-state index contributed by atoms with van der Waals surface area (Å²) in [4.78, 5) is 14.5. The fourth-order valence-electron chi connectivity index (χ4n) is 3.56. The first-order chi connectivity index (χ1) is 12.6. The maximum atomic E-state index is 14.6. The molecule has 146 valence electrons. The van der Waals surface area contributed by atoms with Gasteiger partial charge in [-0.2, -0.15) is 0 Å². The number of amides is 1. The van der Waals surface area contributed by atoms with Crippen LogP contribution in [0.25, 0.3) is 11.1 Å². The van der Waals surface area contributed by atoms with Crippen molar-refractivity contribution in [1.29, 1.82) is 0 Å². The molecule has 0 saturated carbocycles. The monoisotopic (exact) mass is 390 g/mol. The third-order valence-corrected chi connectivity index (χ3v) is 5.29. The quantitative estimate of drug-likeness (QED) is 0.803. The van der Waals surface area contributed by atoms with Gasteiger partial charge in [0.1, 0.15) is 5.82 Å². The highest BCUT2D eigenvalue weighted by Crippen LogP contribution is 2.25. The van der Waals surface area contributed by atoms with Gasteiger partial charge in [0.15, 0.2) is 0 Å². The van der Waals surface area contributed by atoms with Crippen LogP contribution < -0.4 is 5.32 Å². The third-order valence-electron chi connectivity index (χ3n) is 5.29. The molecule has 1 heterocycles. The minimum Gasteiger partial charge on any atom is -0.339 e. The molecule has 1 N–H and O–H groups in total. The molecule has 0 bridgehead atoms. The summed E-state index contributed by atoms with van der Waals surface area (Å²) in [6.45, 7) is 4.46. The van der Waals surface area contributed by atoms with Gasteiger partial charge in [0.05, 0.1) is 5.56 Å². The van der Waals surface area contributed by atoms with Gasteiger partial charge in [0.25, 0.3) is 5.91 Å². The van der Waals surface area contributed by atoms with Crippen LogP contribution >= 0.6 is 12.4 Å². The van der Waals surface area contributed by atoms with Crippen molar-refractivity contribution in [3.63, 3.8) is 0 Å². The van der Waals surface area contributed by atoms with E-state index in [0.29, 0.717) is 19.0 Å². The highest BCUT2D eigenvalue weighted by molar-refractivity contribution is 5.95. The zero-order valence-corrected chi connectivity index (χ0v) is 16.8. The Kier molecular flexibility index (Phi) is 7.81. The average Bonchev–Trinajstić information content (AvgIpc) is 2.67. The Morgan fingerprint density at radius 1 is 1.11 bits per heavy atom. The first-order valence-corrected chi connectivity index (χ1v) is 9.39. The molecular weight excluding hydrogens is 363 g/mol. The van der Waals surface area contributed by atoms with E-state index >= 15 is 0 Å². The summed E-state index contributed by atoms with van der Waals surface area (Å²) < 4.78 is 14.6. The van der Waals surface area contributed by atoms with E-state index in [1.165, 1.54) is 11.6 Å². The fraction of sp³-hybridized carbons (Fsp3) is 0.409. The number of nitrogens with zero attached hydrogens (tertiary/aromatic N) is 1. The molecular formula is C22H28ClFN2O. The minimum atomic E-state index is -0.439. The lowest BCUT2D eigenvalue weighted by Crippen LogP contribution is -2.39. The number of piperidine rings is 1. The van der Waals surface area contributed by atoms with Crippen LogP contribution in [-0.4, -0.2) is 37.5 Å². The molecule has 0 radical (unpaired) electrons. The van der Waals surface area contributed by atoms with E-state index in [1.54, 1.807) is 11.0 Å². The number of rotatable bonds is 5. The van der Waals surface area contributed by atoms with Gasteiger partial charge in [-0.25, -0.2) is 4.39 Å². The van der Waals surface area contributed by atoms with Gasteiger partial charge in [-0.3, -0.25) is 4.79 Å². The second-order valence-corrected chi connectivity index (χ2v) is 7.19. The lowest BCUT2D eigenvalue weighted by Gasteiger charge is -2.32. The molecule has 3 nitrogen and oxygen atoms in total. The molecule has 2 aromatic rings. The SMILES string of the molecule is CNCCC1CCN(C(=O)c2ccc(-c3ccc(C)cc3)cc2F)CC1.Cl. The summed E-state index contributed by atoms with van der Waals surface area (Å²) in [5.41, 5.74) is 3.09. The molecule has 2 aromatic carbocycles. The second kappa shape index (κ2) is 9.86. The summed E-state index contributed by atoms with van der Waals surface area (Å²) in [7, 11) is 1.96. The van der Waals surface area contributed by atoms with Crippen LogP contribution in [-0.2, 0) is 0 Å². The van der Waals surface area contributed by atoms with Crippen molar-refractivity contribution in [3.8, 4) is 11.1 Å². The Morgan fingerprint density at radius 2 is 1.74 bits per heavy atom. The number of hydrogen-bond donors (Lipinski definition) is 1. The molecule has 1 fully saturated rings. The van der Waals surface area contributed by atoms with E-state index in [0.717, 1.165) is 36.9 Å². The van der Waals surface area contributed by atoms with E-state index in [2.05, 4.69) is 5.32 Å². The predicted molar refractivity (Wildman–Crippen MR) is 111 cm³/mol. The normalized spacial score (nSPS) is 14.7. The summed E-state index contributed by atoms with van der Waals surface area (Å²) in [6, 6.07) is 12.9. The lowest BCUT2D eigenvalue weighted by molar-refractivity contribution is 0.0682. The Balaban J connectivity index is 0.00000261. The maximum Gasteiger partial charge on any atom is 0.256 e. The van der Waals surface area contributed by atoms with Gasteiger partial charge in [-0.05, 0) is 69.0 Å². The fourth-order valence-corrected chi connectivity index (χ4v) is 3.56. The molecule has 1 aliphatic rings. The molecule has 27 heavy (non-hydrogen) atoms. The third kappa shape index (κ3) is 5.30. The smallest absolute Gasteiger partial charge is 0.256 e. The molecule has 0 aliphatic carbocycles. The zero-order valence-electron chi connectivity index (χ0n) is 16.0. The Bertz CT molecular complexity index is 755. The Labute approximate surface area is 167 Å². The van der Waals surface area contributed by atoms with Crippen LogP contribution in [0.4, 0.5) is 4.39 Å². The average molecular weight is 391 g/mol. The molecule has 1 aliphatic heterocycles. The number of benzene rings is 2. The van der Waals surface area contributed by atoms with Gasteiger partial charge in [0.2, 0.25) is 0 Å². The van der Waals surface area contributed by atoms with Crippen molar-refractivity contribution >= 4 is 18.3 Å². The molecule has 0 unspecified atom stereocenters. The minimum absolute atomic E-state index is 0. The number of likely N-dealkylation sites (tertiary alicyclic amines) is 1. The van der Waals surface area contributed by atoms with Crippen molar-refractivity contribution in [2.45, 2.75) is 26.2 Å². The van der Waals surface area contributed by atoms with Crippen LogP contribution in [0.5, 0.6) is 0 Å². The first-order valence-electron chi connectivity index (χ1n) is 9.39. The largest absolute Gasteiger partial charge is 0.339 e. The van der Waals surface area contributed by atoms with E-state index in [9.17, 15) is 9.18 Å². The van der Waals surface area contributed by atoms with Crippen molar-refractivity contribution in [1.82, 2.24) is 10.2 Å². The molecule has 0 spiro atoms. The van der Waals surface area contributed by atoms with Gasteiger partial charge in [0, 0.05) is 13.1 Å². The van der Waals surface area contributed by atoms with Crippen LogP contribution in [0.3, 0.4) is 0 Å². The van der Waals surface area contributed by atoms with Crippen molar-refractivity contribution < 1.29 is 9.18 Å². The van der Waals surface area contributed by atoms with E-state index in [-0.39, 0.29) is 23.9 Å². The van der Waals surface area contributed by atoms with Crippen molar-refractivity contribution in [2.75, 3.05) is 26.7 Å².